The minimum Gasteiger partial charge on any atom is -0.391 e. The summed E-state index contributed by atoms with van der Waals surface area (Å²) in [5.74, 6) is 0.128. The molecule has 0 aromatic carbocycles. The summed E-state index contributed by atoms with van der Waals surface area (Å²) in [7, 11) is 0. The zero-order chi connectivity index (χ0) is 11.6. The third-order valence-electron chi connectivity index (χ3n) is 3.85. The molecular formula is C12H22N2O2. The molecule has 4 nitrogen and oxygen atoms in total. The van der Waals surface area contributed by atoms with Crippen molar-refractivity contribution < 1.29 is 9.90 Å². The number of nitrogens with two attached hydrogens (primary N) is 1. The van der Waals surface area contributed by atoms with E-state index < -0.39 is 0 Å². The van der Waals surface area contributed by atoms with Crippen LogP contribution in [0.2, 0.25) is 0 Å². The molecule has 1 saturated carbocycles. The van der Waals surface area contributed by atoms with Crippen LogP contribution in [0.4, 0.5) is 0 Å². The van der Waals surface area contributed by atoms with Crippen molar-refractivity contribution in [3.05, 3.63) is 0 Å². The summed E-state index contributed by atoms with van der Waals surface area (Å²) in [6, 6.07) is 0. The van der Waals surface area contributed by atoms with Crippen LogP contribution >= 0.6 is 0 Å². The van der Waals surface area contributed by atoms with E-state index in [0.717, 1.165) is 45.1 Å². The number of rotatable bonds is 2. The Morgan fingerprint density at radius 2 is 2.06 bits per heavy atom. The molecule has 2 fully saturated rings. The molecule has 92 valence electrons. The molecule has 2 rings (SSSR count). The maximum atomic E-state index is 12.0. The fourth-order valence-electron chi connectivity index (χ4n) is 2.85. The van der Waals surface area contributed by atoms with Crippen molar-refractivity contribution >= 4 is 5.91 Å². The minimum atomic E-state index is -0.338. The lowest BCUT2D eigenvalue weighted by Gasteiger charge is -2.33. The molecule has 0 aromatic heterocycles. The average Bonchev–Trinajstić information content (AvgIpc) is 2.65. The van der Waals surface area contributed by atoms with E-state index in [-0.39, 0.29) is 17.6 Å². The van der Waals surface area contributed by atoms with Gasteiger partial charge in [0.2, 0.25) is 5.91 Å². The number of aliphatic hydroxyl groups excluding tert-OH is 1. The molecule has 1 amide bonds. The van der Waals surface area contributed by atoms with Crippen LogP contribution < -0.4 is 5.73 Å². The average molecular weight is 226 g/mol. The number of hydrogen-bond acceptors (Lipinski definition) is 3. The normalized spacial score (nSPS) is 29.4. The van der Waals surface area contributed by atoms with Crippen molar-refractivity contribution in [2.45, 2.75) is 56.6 Å². The van der Waals surface area contributed by atoms with E-state index in [1.54, 1.807) is 4.90 Å². The van der Waals surface area contributed by atoms with Crippen LogP contribution in [0.3, 0.4) is 0 Å². The summed E-state index contributed by atoms with van der Waals surface area (Å²) >= 11 is 0. The first kappa shape index (κ1) is 11.9. The Kier molecular flexibility index (Phi) is 3.50. The number of amides is 1. The third kappa shape index (κ3) is 2.74. The first-order chi connectivity index (χ1) is 7.59. The highest BCUT2D eigenvalue weighted by Crippen LogP contribution is 2.30. The Labute approximate surface area is 96.8 Å². The standard InChI is InChI=1S/C12H22N2O2/c13-12(5-1-2-6-12)8-11(16)14-7-3-4-10(15)9-14/h10,15H,1-9,13H2. The molecule has 2 aliphatic rings. The van der Waals surface area contributed by atoms with Crippen molar-refractivity contribution in [2.75, 3.05) is 13.1 Å². The van der Waals surface area contributed by atoms with Crippen molar-refractivity contribution in [3.8, 4) is 0 Å². The van der Waals surface area contributed by atoms with E-state index in [2.05, 4.69) is 0 Å². The van der Waals surface area contributed by atoms with E-state index in [0.29, 0.717) is 13.0 Å². The van der Waals surface area contributed by atoms with Gasteiger partial charge in [0.1, 0.15) is 0 Å². The van der Waals surface area contributed by atoms with Gasteiger partial charge in [-0.15, -0.1) is 0 Å². The quantitative estimate of drug-likeness (QED) is 0.726. The predicted molar refractivity (Wildman–Crippen MR) is 61.8 cm³/mol. The SMILES string of the molecule is NC1(CC(=O)N2CCCC(O)C2)CCCC1. The van der Waals surface area contributed by atoms with Gasteiger partial charge in [0.15, 0.2) is 0 Å². The van der Waals surface area contributed by atoms with Gasteiger partial charge in [-0.1, -0.05) is 12.8 Å². The van der Waals surface area contributed by atoms with Gasteiger partial charge in [0.05, 0.1) is 6.10 Å². The van der Waals surface area contributed by atoms with Crippen LogP contribution in [-0.4, -0.2) is 40.6 Å². The van der Waals surface area contributed by atoms with E-state index in [4.69, 9.17) is 5.73 Å². The summed E-state index contributed by atoms with van der Waals surface area (Å²) < 4.78 is 0. The monoisotopic (exact) mass is 226 g/mol. The van der Waals surface area contributed by atoms with Crippen LogP contribution in [0.15, 0.2) is 0 Å². The molecule has 1 heterocycles. The Hall–Kier alpha value is -0.610. The van der Waals surface area contributed by atoms with Crippen molar-refractivity contribution in [1.82, 2.24) is 4.90 Å². The maximum Gasteiger partial charge on any atom is 0.224 e. The predicted octanol–water partition coefficient (Wildman–Crippen LogP) is 0.631. The first-order valence-corrected chi connectivity index (χ1v) is 6.34. The molecule has 1 aliphatic heterocycles. The van der Waals surface area contributed by atoms with Gasteiger partial charge in [0, 0.05) is 25.0 Å². The van der Waals surface area contributed by atoms with Gasteiger partial charge in [-0.05, 0) is 25.7 Å². The number of carbonyl (C=O) groups excluding carboxylic acids is 1. The third-order valence-corrected chi connectivity index (χ3v) is 3.85. The van der Waals surface area contributed by atoms with E-state index in [1.807, 2.05) is 0 Å². The van der Waals surface area contributed by atoms with Gasteiger partial charge in [-0.2, -0.15) is 0 Å². The Morgan fingerprint density at radius 3 is 2.69 bits per heavy atom. The molecule has 3 N–H and O–H groups in total. The van der Waals surface area contributed by atoms with Crippen molar-refractivity contribution in [1.29, 1.82) is 0 Å². The first-order valence-electron chi connectivity index (χ1n) is 6.34. The molecular weight excluding hydrogens is 204 g/mol. The number of likely N-dealkylation sites (tertiary alicyclic amines) is 1. The highest BCUT2D eigenvalue weighted by Gasteiger charge is 2.34. The van der Waals surface area contributed by atoms with Crippen LogP contribution in [0, 0.1) is 0 Å². The van der Waals surface area contributed by atoms with Crippen LogP contribution in [0.5, 0.6) is 0 Å². The molecule has 0 bridgehead atoms. The Bertz CT molecular complexity index is 262. The largest absolute Gasteiger partial charge is 0.391 e. The maximum absolute atomic E-state index is 12.0. The van der Waals surface area contributed by atoms with Gasteiger partial charge < -0.3 is 15.7 Å². The smallest absolute Gasteiger partial charge is 0.224 e. The zero-order valence-corrected chi connectivity index (χ0v) is 9.82. The zero-order valence-electron chi connectivity index (χ0n) is 9.82. The molecule has 0 aromatic rings. The van der Waals surface area contributed by atoms with Crippen molar-refractivity contribution in [2.24, 2.45) is 5.73 Å². The molecule has 4 heteroatoms. The number of hydrogen-bond donors (Lipinski definition) is 2. The summed E-state index contributed by atoms with van der Waals surface area (Å²) in [6.07, 6.45) is 6.07. The molecule has 16 heavy (non-hydrogen) atoms. The molecule has 1 aliphatic carbocycles. The summed E-state index contributed by atoms with van der Waals surface area (Å²) in [5, 5.41) is 9.53. The Balaban J connectivity index is 1.87. The van der Waals surface area contributed by atoms with E-state index >= 15 is 0 Å². The van der Waals surface area contributed by atoms with Gasteiger partial charge in [0.25, 0.3) is 0 Å². The van der Waals surface area contributed by atoms with Gasteiger partial charge >= 0.3 is 0 Å². The fraction of sp³-hybridized carbons (Fsp3) is 0.917. The fourth-order valence-corrected chi connectivity index (χ4v) is 2.85. The molecule has 1 atom stereocenters. The number of nitrogens with zero attached hydrogens (tertiary/aromatic N) is 1. The summed E-state index contributed by atoms with van der Waals surface area (Å²) in [4.78, 5) is 13.8. The lowest BCUT2D eigenvalue weighted by Crippen LogP contribution is -2.47. The lowest BCUT2D eigenvalue weighted by molar-refractivity contribution is -0.135. The van der Waals surface area contributed by atoms with Crippen molar-refractivity contribution in [3.63, 3.8) is 0 Å². The minimum absolute atomic E-state index is 0.128. The van der Waals surface area contributed by atoms with Gasteiger partial charge in [-0.3, -0.25) is 4.79 Å². The topological polar surface area (TPSA) is 66.6 Å². The highest BCUT2D eigenvalue weighted by atomic mass is 16.3. The van der Waals surface area contributed by atoms with Crippen LogP contribution in [0.25, 0.3) is 0 Å². The molecule has 1 saturated heterocycles. The van der Waals surface area contributed by atoms with Gasteiger partial charge in [-0.25, -0.2) is 0 Å². The highest BCUT2D eigenvalue weighted by molar-refractivity contribution is 5.77. The lowest BCUT2D eigenvalue weighted by atomic mass is 9.93. The second kappa shape index (κ2) is 4.72. The number of aliphatic hydroxyl groups is 1. The molecule has 1 unspecified atom stereocenters. The van der Waals surface area contributed by atoms with Crippen LogP contribution in [-0.2, 0) is 4.79 Å². The second-order valence-electron chi connectivity index (χ2n) is 5.38. The van der Waals surface area contributed by atoms with E-state index in [1.165, 1.54) is 0 Å². The number of carbonyl (C=O) groups is 1. The molecule has 0 radical (unpaired) electrons. The second-order valence-corrected chi connectivity index (χ2v) is 5.38. The molecule has 0 spiro atoms. The van der Waals surface area contributed by atoms with Crippen LogP contribution in [0.1, 0.15) is 44.9 Å². The summed E-state index contributed by atoms with van der Waals surface area (Å²) in [6.45, 7) is 1.28. The number of piperidine rings is 1. The van der Waals surface area contributed by atoms with E-state index in [9.17, 15) is 9.90 Å². The summed E-state index contributed by atoms with van der Waals surface area (Å²) in [5.41, 5.74) is 5.93. The Morgan fingerprint density at radius 1 is 1.38 bits per heavy atom. The number of β-amino-alcohol motifs (C(OH)–C–C–N with tert-alkyl or cyclic N) is 1.